The minimum atomic E-state index is 0.475. The predicted molar refractivity (Wildman–Crippen MR) is 86.2 cm³/mol. The normalized spacial score (nSPS) is 13.0. The smallest absolute Gasteiger partial charge is 0.0762 e. The molecular weight excluding hydrogens is 266 g/mol. The van der Waals surface area contributed by atoms with E-state index >= 15 is 0 Å². The summed E-state index contributed by atoms with van der Waals surface area (Å²) in [6.45, 7) is 7.52. The van der Waals surface area contributed by atoms with Gasteiger partial charge in [0.15, 0.2) is 0 Å². The number of aromatic nitrogens is 2. The average Bonchev–Trinajstić information content (AvgIpc) is 3.10. The molecule has 20 heavy (non-hydrogen) atoms. The monoisotopic (exact) mass is 291 g/mol. The van der Waals surface area contributed by atoms with Crippen LogP contribution in [-0.4, -0.2) is 15.8 Å². The second-order valence-corrected chi connectivity index (χ2v) is 6.16. The van der Waals surface area contributed by atoms with E-state index in [0.717, 1.165) is 31.5 Å². The molecule has 0 aliphatic carbocycles. The van der Waals surface area contributed by atoms with Gasteiger partial charge in [-0.2, -0.15) is 16.4 Å². The molecule has 1 N–H and O–H groups in total. The maximum atomic E-state index is 4.68. The minimum Gasteiger partial charge on any atom is -0.308 e. The molecule has 110 valence electrons. The SMILES string of the molecule is CCC(CC)n1ccc(CNC(C)Cc2ccsc2)n1. The molecule has 2 aromatic rings. The molecule has 0 spiro atoms. The van der Waals surface area contributed by atoms with Crippen LogP contribution in [0.3, 0.4) is 0 Å². The minimum absolute atomic E-state index is 0.475. The van der Waals surface area contributed by atoms with Crippen molar-refractivity contribution >= 4 is 11.3 Å². The fraction of sp³-hybridized carbons (Fsp3) is 0.562. The van der Waals surface area contributed by atoms with Gasteiger partial charge in [-0.3, -0.25) is 4.68 Å². The van der Waals surface area contributed by atoms with Crippen LogP contribution in [-0.2, 0) is 13.0 Å². The van der Waals surface area contributed by atoms with Crippen molar-refractivity contribution in [2.75, 3.05) is 0 Å². The van der Waals surface area contributed by atoms with Crippen LogP contribution in [0.15, 0.2) is 29.1 Å². The highest BCUT2D eigenvalue weighted by Crippen LogP contribution is 2.14. The van der Waals surface area contributed by atoms with E-state index in [9.17, 15) is 0 Å². The summed E-state index contributed by atoms with van der Waals surface area (Å²) in [5.41, 5.74) is 2.55. The average molecular weight is 291 g/mol. The zero-order valence-electron chi connectivity index (χ0n) is 12.7. The molecule has 3 nitrogen and oxygen atoms in total. The maximum absolute atomic E-state index is 4.68. The number of thiophene rings is 1. The molecular formula is C16H25N3S. The van der Waals surface area contributed by atoms with E-state index in [1.807, 2.05) is 0 Å². The van der Waals surface area contributed by atoms with Crippen molar-refractivity contribution in [1.29, 1.82) is 0 Å². The Labute approximate surface area is 126 Å². The van der Waals surface area contributed by atoms with Crippen LogP contribution in [0, 0.1) is 0 Å². The van der Waals surface area contributed by atoms with Crippen LogP contribution in [0.5, 0.6) is 0 Å². The van der Waals surface area contributed by atoms with Crippen LogP contribution >= 0.6 is 11.3 Å². The van der Waals surface area contributed by atoms with E-state index in [4.69, 9.17) is 0 Å². The van der Waals surface area contributed by atoms with Gasteiger partial charge >= 0.3 is 0 Å². The Hall–Kier alpha value is -1.13. The third-order valence-corrected chi connectivity index (χ3v) is 4.47. The molecule has 1 unspecified atom stereocenters. The molecule has 2 aromatic heterocycles. The summed E-state index contributed by atoms with van der Waals surface area (Å²) in [5.74, 6) is 0. The van der Waals surface area contributed by atoms with Gasteiger partial charge in [0, 0.05) is 18.8 Å². The van der Waals surface area contributed by atoms with Crippen molar-refractivity contribution in [2.45, 2.75) is 58.7 Å². The Morgan fingerprint density at radius 2 is 2.10 bits per heavy atom. The van der Waals surface area contributed by atoms with Crippen molar-refractivity contribution < 1.29 is 0 Å². The first kappa shape index (κ1) is 15.3. The lowest BCUT2D eigenvalue weighted by atomic mass is 10.1. The van der Waals surface area contributed by atoms with Crippen LogP contribution in [0.2, 0.25) is 0 Å². The predicted octanol–water partition coefficient (Wildman–Crippen LogP) is 4.03. The maximum Gasteiger partial charge on any atom is 0.0762 e. The fourth-order valence-corrected chi connectivity index (χ4v) is 3.13. The van der Waals surface area contributed by atoms with E-state index in [2.05, 4.69) is 65.0 Å². The second-order valence-electron chi connectivity index (χ2n) is 5.38. The molecule has 0 aliphatic heterocycles. The van der Waals surface area contributed by atoms with Crippen molar-refractivity contribution in [1.82, 2.24) is 15.1 Å². The van der Waals surface area contributed by atoms with Gasteiger partial charge in [0.25, 0.3) is 0 Å². The van der Waals surface area contributed by atoms with E-state index < -0.39 is 0 Å². The first-order valence-electron chi connectivity index (χ1n) is 7.51. The van der Waals surface area contributed by atoms with Gasteiger partial charge in [-0.15, -0.1) is 0 Å². The molecule has 1 atom stereocenters. The summed E-state index contributed by atoms with van der Waals surface area (Å²) in [6, 6.07) is 5.34. The zero-order chi connectivity index (χ0) is 14.4. The van der Waals surface area contributed by atoms with Crippen molar-refractivity contribution in [3.63, 3.8) is 0 Å². The summed E-state index contributed by atoms with van der Waals surface area (Å²) >= 11 is 1.76. The summed E-state index contributed by atoms with van der Waals surface area (Å²) in [4.78, 5) is 0. The molecule has 0 fully saturated rings. The second kappa shape index (κ2) is 7.60. The Kier molecular flexibility index (Phi) is 5.80. The van der Waals surface area contributed by atoms with Gasteiger partial charge in [-0.05, 0) is 54.6 Å². The number of nitrogens with one attached hydrogen (secondary N) is 1. The molecule has 0 radical (unpaired) electrons. The van der Waals surface area contributed by atoms with Gasteiger partial charge in [0.05, 0.1) is 11.7 Å². The van der Waals surface area contributed by atoms with Gasteiger partial charge in [0.2, 0.25) is 0 Å². The Morgan fingerprint density at radius 1 is 1.30 bits per heavy atom. The quantitative estimate of drug-likeness (QED) is 0.796. The zero-order valence-corrected chi connectivity index (χ0v) is 13.5. The highest BCUT2D eigenvalue weighted by molar-refractivity contribution is 7.07. The molecule has 0 saturated carbocycles. The van der Waals surface area contributed by atoms with Crippen LogP contribution in [0.4, 0.5) is 0 Å². The summed E-state index contributed by atoms with van der Waals surface area (Å²) < 4.78 is 2.11. The Morgan fingerprint density at radius 3 is 2.75 bits per heavy atom. The van der Waals surface area contributed by atoms with Gasteiger partial charge in [-0.1, -0.05) is 13.8 Å². The molecule has 2 heterocycles. The van der Waals surface area contributed by atoms with Crippen LogP contribution in [0.1, 0.15) is 50.9 Å². The lowest BCUT2D eigenvalue weighted by molar-refractivity contribution is 0.422. The highest BCUT2D eigenvalue weighted by Gasteiger charge is 2.09. The Bertz CT molecular complexity index is 486. The van der Waals surface area contributed by atoms with Crippen molar-refractivity contribution in [3.05, 3.63) is 40.3 Å². The first-order chi connectivity index (χ1) is 9.72. The number of rotatable bonds is 8. The van der Waals surface area contributed by atoms with Crippen molar-refractivity contribution in [3.8, 4) is 0 Å². The lowest BCUT2D eigenvalue weighted by Gasteiger charge is -2.13. The summed E-state index contributed by atoms with van der Waals surface area (Å²) in [6.07, 6.45) is 5.47. The lowest BCUT2D eigenvalue weighted by Crippen LogP contribution is -2.27. The molecule has 4 heteroatoms. The van der Waals surface area contributed by atoms with Crippen LogP contribution < -0.4 is 5.32 Å². The summed E-state index contributed by atoms with van der Waals surface area (Å²) in [5, 5.41) is 12.6. The Balaban J connectivity index is 1.81. The fourth-order valence-electron chi connectivity index (χ4n) is 2.45. The molecule has 0 amide bonds. The number of hydrogen-bond acceptors (Lipinski definition) is 3. The van der Waals surface area contributed by atoms with Gasteiger partial charge in [0.1, 0.15) is 0 Å². The van der Waals surface area contributed by atoms with Crippen molar-refractivity contribution in [2.24, 2.45) is 0 Å². The van der Waals surface area contributed by atoms with E-state index in [-0.39, 0.29) is 0 Å². The largest absolute Gasteiger partial charge is 0.308 e. The molecule has 0 saturated heterocycles. The molecule has 0 aromatic carbocycles. The van der Waals surface area contributed by atoms with Gasteiger partial charge < -0.3 is 5.32 Å². The molecule has 0 aliphatic rings. The standard InChI is InChI=1S/C16H25N3S/c1-4-16(5-2)19-8-6-15(18-19)11-17-13(3)10-14-7-9-20-12-14/h6-9,12-13,16-17H,4-5,10-11H2,1-3H3. The summed E-state index contributed by atoms with van der Waals surface area (Å²) in [7, 11) is 0. The van der Waals surface area contributed by atoms with Gasteiger partial charge in [-0.25, -0.2) is 0 Å². The van der Waals surface area contributed by atoms with E-state index in [1.165, 1.54) is 5.56 Å². The molecule has 2 rings (SSSR count). The third-order valence-electron chi connectivity index (χ3n) is 3.73. The van der Waals surface area contributed by atoms with E-state index in [0.29, 0.717) is 12.1 Å². The molecule has 0 bridgehead atoms. The van der Waals surface area contributed by atoms with Crippen LogP contribution in [0.25, 0.3) is 0 Å². The third kappa shape index (κ3) is 4.18. The number of nitrogens with zero attached hydrogens (tertiary/aromatic N) is 2. The highest BCUT2D eigenvalue weighted by atomic mass is 32.1. The topological polar surface area (TPSA) is 29.9 Å². The first-order valence-corrected chi connectivity index (χ1v) is 8.45. The number of hydrogen-bond donors (Lipinski definition) is 1. The van der Waals surface area contributed by atoms with E-state index in [1.54, 1.807) is 11.3 Å².